The van der Waals surface area contributed by atoms with Crippen molar-refractivity contribution >= 4 is 18.4 Å². The average Bonchev–Trinajstić information content (AvgIpc) is 2.04. The molecule has 0 radical (unpaired) electrons. The highest BCUT2D eigenvalue weighted by molar-refractivity contribution is 5.85. The topological polar surface area (TPSA) is 38.3 Å². The first kappa shape index (κ1) is 13.7. The monoisotopic (exact) mass is 221 g/mol. The van der Waals surface area contributed by atoms with E-state index < -0.39 is 0 Å². The van der Waals surface area contributed by atoms with Crippen molar-refractivity contribution < 1.29 is 9.53 Å². The van der Waals surface area contributed by atoms with Crippen LogP contribution in [0, 0.1) is 5.41 Å². The lowest BCUT2D eigenvalue weighted by Crippen LogP contribution is -2.36. The van der Waals surface area contributed by atoms with Gasteiger partial charge in [-0.25, -0.2) is 0 Å². The fourth-order valence-corrected chi connectivity index (χ4v) is 1.24. The third-order valence-corrected chi connectivity index (χ3v) is 2.17. The molecule has 1 heterocycles. The molecule has 0 aromatic carbocycles. The summed E-state index contributed by atoms with van der Waals surface area (Å²) in [6.45, 7) is 7.58. The third kappa shape index (κ3) is 4.29. The van der Waals surface area contributed by atoms with Gasteiger partial charge in [0.05, 0.1) is 5.41 Å². The molecule has 0 atom stereocenters. The van der Waals surface area contributed by atoms with E-state index in [2.05, 4.69) is 5.32 Å². The van der Waals surface area contributed by atoms with Gasteiger partial charge in [0.1, 0.15) is 6.10 Å². The zero-order valence-corrected chi connectivity index (χ0v) is 9.95. The molecule has 0 saturated carbocycles. The van der Waals surface area contributed by atoms with Crippen molar-refractivity contribution in [3.05, 3.63) is 0 Å². The number of carbonyl (C=O) groups is 1. The summed E-state index contributed by atoms with van der Waals surface area (Å²) in [7, 11) is 0. The number of hydrogen-bond acceptors (Lipinski definition) is 3. The van der Waals surface area contributed by atoms with Crippen molar-refractivity contribution in [3.8, 4) is 0 Å². The molecule has 1 N–H and O–H groups in total. The highest BCUT2D eigenvalue weighted by Gasteiger charge is 2.26. The quantitative estimate of drug-likeness (QED) is 0.686. The van der Waals surface area contributed by atoms with E-state index >= 15 is 0 Å². The summed E-state index contributed by atoms with van der Waals surface area (Å²) in [4.78, 5) is 11.5. The Kier molecular flexibility index (Phi) is 5.45. The first-order valence-electron chi connectivity index (χ1n) is 4.92. The van der Waals surface area contributed by atoms with Gasteiger partial charge < -0.3 is 10.1 Å². The van der Waals surface area contributed by atoms with Crippen LogP contribution in [-0.4, -0.2) is 25.2 Å². The van der Waals surface area contributed by atoms with Gasteiger partial charge in [0.15, 0.2) is 0 Å². The predicted molar refractivity (Wildman–Crippen MR) is 58.7 cm³/mol. The Labute approximate surface area is 92.0 Å². The molecule has 84 valence electrons. The second kappa shape index (κ2) is 5.56. The second-order valence-corrected chi connectivity index (χ2v) is 4.60. The number of halogens is 1. The molecule has 1 saturated heterocycles. The Bertz CT molecular complexity index is 183. The number of esters is 1. The Morgan fingerprint density at radius 3 is 2.21 bits per heavy atom. The van der Waals surface area contributed by atoms with Crippen LogP contribution in [0.25, 0.3) is 0 Å². The van der Waals surface area contributed by atoms with Gasteiger partial charge in [0, 0.05) is 0 Å². The summed E-state index contributed by atoms with van der Waals surface area (Å²) >= 11 is 0. The fraction of sp³-hybridized carbons (Fsp3) is 0.900. The van der Waals surface area contributed by atoms with E-state index in [1.165, 1.54) is 0 Å². The summed E-state index contributed by atoms with van der Waals surface area (Å²) in [5.74, 6) is -0.0839. The number of hydrogen-bond donors (Lipinski definition) is 1. The second-order valence-electron chi connectivity index (χ2n) is 4.60. The minimum absolute atomic E-state index is 0. The average molecular weight is 222 g/mol. The molecule has 0 spiro atoms. The molecule has 0 amide bonds. The summed E-state index contributed by atoms with van der Waals surface area (Å²) in [6.07, 6.45) is 2.02. The maximum atomic E-state index is 11.5. The Morgan fingerprint density at radius 1 is 1.29 bits per heavy atom. The van der Waals surface area contributed by atoms with Crippen molar-refractivity contribution in [2.24, 2.45) is 5.41 Å². The molecule has 0 aromatic heterocycles. The lowest BCUT2D eigenvalue weighted by atomic mass is 9.97. The van der Waals surface area contributed by atoms with Gasteiger partial charge in [0.2, 0.25) is 0 Å². The van der Waals surface area contributed by atoms with Crippen molar-refractivity contribution in [2.45, 2.75) is 39.7 Å². The third-order valence-electron chi connectivity index (χ3n) is 2.17. The van der Waals surface area contributed by atoms with E-state index in [-0.39, 0.29) is 29.9 Å². The number of rotatable bonds is 1. The van der Waals surface area contributed by atoms with E-state index in [0.29, 0.717) is 0 Å². The van der Waals surface area contributed by atoms with Crippen molar-refractivity contribution in [1.82, 2.24) is 5.32 Å². The molecule has 0 aromatic rings. The van der Waals surface area contributed by atoms with Gasteiger partial charge in [0.25, 0.3) is 0 Å². The number of carbonyl (C=O) groups excluding carboxylic acids is 1. The lowest BCUT2D eigenvalue weighted by molar-refractivity contribution is -0.159. The molecule has 4 heteroatoms. The van der Waals surface area contributed by atoms with Crippen LogP contribution < -0.4 is 5.32 Å². The molecule has 1 rings (SSSR count). The molecule has 1 aliphatic rings. The molecule has 0 aliphatic carbocycles. The van der Waals surface area contributed by atoms with E-state index in [1.54, 1.807) is 0 Å². The predicted octanol–water partition coefficient (Wildman–Crippen LogP) is 1.75. The maximum Gasteiger partial charge on any atom is 0.311 e. The molecular formula is C10H20ClNO2. The molecule has 3 nitrogen and oxygen atoms in total. The summed E-state index contributed by atoms with van der Waals surface area (Å²) in [5.41, 5.74) is -0.370. The van der Waals surface area contributed by atoms with Gasteiger partial charge in [-0.2, -0.15) is 0 Å². The first-order valence-corrected chi connectivity index (χ1v) is 4.92. The zero-order valence-electron chi connectivity index (χ0n) is 9.13. The van der Waals surface area contributed by atoms with E-state index in [9.17, 15) is 4.79 Å². The van der Waals surface area contributed by atoms with Crippen molar-refractivity contribution in [2.75, 3.05) is 13.1 Å². The molecule has 0 bridgehead atoms. The van der Waals surface area contributed by atoms with Gasteiger partial charge >= 0.3 is 5.97 Å². The fourth-order valence-electron chi connectivity index (χ4n) is 1.24. The maximum absolute atomic E-state index is 11.5. The van der Waals surface area contributed by atoms with Crippen LogP contribution in [0.3, 0.4) is 0 Å². The van der Waals surface area contributed by atoms with Crippen LogP contribution in [0.15, 0.2) is 0 Å². The van der Waals surface area contributed by atoms with Gasteiger partial charge in [-0.3, -0.25) is 4.79 Å². The lowest BCUT2D eigenvalue weighted by Gasteiger charge is -2.26. The number of piperidine rings is 1. The summed E-state index contributed by atoms with van der Waals surface area (Å²) in [6, 6.07) is 0. The standard InChI is InChI=1S/C10H19NO2.ClH/c1-10(2,3)9(12)13-8-4-6-11-7-5-8;/h8,11H,4-7H2,1-3H3;1H. The Balaban J connectivity index is 0.00000169. The highest BCUT2D eigenvalue weighted by atomic mass is 35.5. The Hall–Kier alpha value is -0.280. The van der Waals surface area contributed by atoms with E-state index in [4.69, 9.17) is 4.74 Å². The molecule has 0 unspecified atom stereocenters. The molecule has 14 heavy (non-hydrogen) atoms. The van der Waals surface area contributed by atoms with Gasteiger partial charge in [-0.05, 0) is 46.7 Å². The van der Waals surface area contributed by atoms with Crippen molar-refractivity contribution in [3.63, 3.8) is 0 Å². The molecule has 1 fully saturated rings. The molecular weight excluding hydrogens is 202 g/mol. The van der Waals surface area contributed by atoms with Crippen LogP contribution in [0.1, 0.15) is 33.6 Å². The normalized spacial score (nSPS) is 18.5. The Morgan fingerprint density at radius 2 is 1.79 bits per heavy atom. The van der Waals surface area contributed by atoms with Crippen LogP contribution in [0.5, 0.6) is 0 Å². The summed E-state index contributed by atoms with van der Waals surface area (Å²) < 4.78 is 5.38. The van der Waals surface area contributed by atoms with Crippen LogP contribution >= 0.6 is 12.4 Å². The van der Waals surface area contributed by atoms with E-state index in [1.807, 2.05) is 20.8 Å². The smallest absolute Gasteiger partial charge is 0.311 e. The number of ether oxygens (including phenoxy) is 1. The minimum Gasteiger partial charge on any atom is -0.462 e. The van der Waals surface area contributed by atoms with Gasteiger partial charge in [-0.1, -0.05) is 0 Å². The van der Waals surface area contributed by atoms with Gasteiger partial charge in [-0.15, -0.1) is 12.4 Å². The van der Waals surface area contributed by atoms with Crippen molar-refractivity contribution in [1.29, 1.82) is 0 Å². The largest absolute Gasteiger partial charge is 0.462 e. The van der Waals surface area contributed by atoms with Crippen LogP contribution in [0.4, 0.5) is 0 Å². The van der Waals surface area contributed by atoms with E-state index in [0.717, 1.165) is 25.9 Å². The van der Waals surface area contributed by atoms with Crippen LogP contribution in [0.2, 0.25) is 0 Å². The minimum atomic E-state index is -0.370. The highest BCUT2D eigenvalue weighted by Crippen LogP contribution is 2.18. The first-order chi connectivity index (χ1) is 6.00. The summed E-state index contributed by atoms with van der Waals surface area (Å²) in [5, 5.41) is 3.24. The molecule has 1 aliphatic heterocycles. The SMILES string of the molecule is CC(C)(C)C(=O)OC1CCNCC1.Cl. The number of nitrogens with one attached hydrogen (secondary N) is 1. The zero-order chi connectivity index (χ0) is 9.90. The van der Waals surface area contributed by atoms with Crippen LogP contribution in [-0.2, 0) is 9.53 Å².